The van der Waals surface area contributed by atoms with Crippen molar-refractivity contribution in [3.8, 4) is 0 Å². The average Bonchev–Trinajstić information content (AvgIpc) is 2.59. The molecular formula is C20H24N2O2. The van der Waals surface area contributed by atoms with Gasteiger partial charge in [0.25, 0.3) is 11.8 Å². The van der Waals surface area contributed by atoms with Crippen molar-refractivity contribution >= 4 is 28.3 Å². The fraction of sp³-hybridized carbons (Fsp3) is 0.400. The van der Waals surface area contributed by atoms with Crippen molar-refractivity contribution in [1.29, 1.82) is 0 Å². The maximum Gasteiger partial charge on any atom is 0.258 e. The maximum absolute atomic E-state index is 12.2. The molecule has 0 spiro atoms. The van der Waals surface area contributed by atoms with Gasteiger partial charge < -0.3 is 4.90 Å². The Bertz CT molecular complexity index is 754. The van der Waals surface area contributed by atoms with Crippen molar-refractivity contribution in [2.75, 3.05) is 18.0 Å². The van der Waals surface area contributed by atoms with Gasteiger partial charge in [0, 0.05) is 40.7 Å². The molecule has 4 heteroatoms. The normalized spacial score (nSPS) is 13.2. The third-order valence-electron chi connectivity index (χ3n) is 4.64. The highest BCUT2D eigenvalue weighted by Crippen LogP contribution is 2.34. The summed E-state index contributed by atoms with van der Waals surface area (Å²) in [6, 6.07) is 9.60. The van der Waals surface area contributed by atoms with Crippen LogP contribution in [0.5, 0.6) is 0 Å². The lowest BCUT2D eigenvalue weighted by Crippen LogP contribution is -2.35. The summed E-state index contributed by atoms with van der Waals surface area (Å²) in [5.74, 6) is -0.604. The summed E-state index contributed by atoms with van der Waals surface area (Å²) >= 11 is 0. The number of benzene rings is 2. The third-order valence-corrected chi connectivity index (χ3v) is 4.64. The molecule has 0 fully saturated rings. The lowest BCUT2D eigenvalue weighted by atomic mass is 9.93. The van der Waals surface area contributed by atoms with Crippen LogP contribution in [0.15, 0.2) is 30.3 Å². The summed E-state index contributed by atoms with van der Waals surface area (Å²) < 4.78 is 0. The number of unbranched alkanes of at least 4 members (excludes halogenated alkanes) is 2. The zero-order valence-corrected chi connectivity index (χ0v) is 14.4. The Labute approximate surface area is 142 Å². The fourth-order valence-electron chi connectivity index (χ4n) is 3.33. The van der Waals surface area contributed by atoms with Gasteiger partial charge in [-0.2, -0.15) is 0 Å². The van der Waals surface area contributed by atoms with Gasteiger partial charge in [-0.3, -0.25) is 14.9 Å². The lowest BCUT2D eigenvalue weighted by molar-refractivity contribution is 0.0845. The van der Waals surface area contributed by atoms with E-state index in [0.29, 0.717) is 11.1 Å². The van der Waals surface area contributed by atoms with Crippen molar-refractivity contribution in [1.82, 2.24) is 5.32 Å². The molecule has 3 rings (SSSR count). The molecule has 1 heterocycles. The first-order valence-corrected chi connectivity index (χ1v) is 8.83. The molecule has 0 aliphatic carbocycles. The molecule has 0 saturated carbocycles. The summed E-state index contributed by atoms with van der Waals surface area (Å²) in [5, 5.41) is 4.21. The van der Waals surface area contributed by atoms with Gasteiger partial charge in [0.05, 0.1) is 0 Å². The number of hydrogen-bond donors (Lipinski definition) is 1. The lowest BCUT2D eigenvalue weighted by Gasteiger charge is -2.28. The van der Waals surface area contributed by atoms with E-state index in [2.05, 4.69) is 24.1 Å². The Morgan fingerprint density at radius 3 is 2.12 bits per heavy atom. The smallest absolute Gasteiger partial charge is 0.258 e. The predicted octanol–water partition coefficient (Wildman–Crippen LogP) is 4.13. The van der Waals surface area contributed by atoms with Crippen molar-refractivity contribution in [3.63, 3.8) is 0 Å². The van der Waals surface area contributed by atoms with Gasteiger partial charge in [-0.1, -0.05) is 38.8 Å². The summed E-state index contributed by atoms with van der Waals surface area (Å²) in [5.41, 5.74) is 2.31. The zero-order chi connectivity index (χ0) is 17.1. The highest BCUT2D eigenvalue weighted by molar-refractivity contribution is 6.26. The summed E-state index contributed by atoms with van der Waals surface area (Å²) in [7, 11) is 0. The predicted molar refractivity (Wildman–Crippen MR) is 97.8 cm³/mol. The molecule has 0 unspecified atom stereocenters. The summed E-state index contributed by atoms with van der Waals surface area (Å²) in [4.78, 5) is 26.7. The number of nitrogens with zero attached hydrogens (tertiary/aromatic N) is 1. The minimum Gasteiger partial charge on any atom is -0.371 e. The minimum atomic E-state index is -0.302. The molecule has 0 radical (unpaired) electrons. The quantitative estimate of drug-likeness (QED) is 0.779. The van der Waals surface area contributed by atoms with Crippen molar-refractivity contribution in [2.45, 2.75) is 39.5 Å². The molecule has 1 N–H and O–H groups in total. The minimum absolute atomic E-state index is 0.302. The fourth-order valence-corrected chi connectivity index (χ4v) is 3.33. The van der Waals surface area contributed by atoms with Crippen molar-refractivity contribution in [3.05, 3.63) is 41.5 Å². The second-order valence-electron chi connectivity index (χ2n) is 6.34. The van der Waals surface area contributed by atoms with Crippen LogP contribution in [0.3, 0.4) is 0 Å². The number of anilines is 1. The first kappa shape index (κ1) is 16.5. The van der Waals surface area contributed by atoms with Crippen LogP contribution in [0.4, 0.5) is 5.69 Å². The first-order valence-electron chi connectivity index (χ1n) is 8.83. The number of imide groups is 1. The van der Waals surface area contributed by atoms with E-state index in [1.165, 1.54) is 0 Å². The molecule has 0 saturated heterocycles. The molecule has 24 heavy (non-hydrogen) atoms. The Kier molecular flexibility index (Phi) is 4.84. The van der Waals surface area contributed by atoms with E-state index < -0.39 is 0 Å². The molecule has 0 bridgehead atoms. The van der Waals surface area contributed by atoms with Gasteiger partial charge in [0.2, 0.25) is 0 Å². The number of nitrogens with one attached hydrogen (secondary N) is 1. The average molecular weight is 324 g/mol. The molecule has 0 aromatic heterocycles. The number of rotatable bonds is 7. The second kappa shape index (κ2) is 7.04. The molecular weight excluding hydrogens is 300 g/mol. The van der Waals surface area contributed by atoms with E-state index in [1.807, 2.05) is 24.3 Å². The highest BCUT2D eigenvalue weighted by atomic mass is 16.2. The van der Waals surface area contributed by atoms with Crippen LogP contribution in [0.2, 0.25) is 0 Å². The van der Waals surface area contributed by atoms with Gasteiger partial charge in [0.15, 0.2) is 0 Å². The Balaban J connectivity index is 2.14. The maximum atomic E-state index is 12.2. The van der Waals surface area contributed by atoms with Crippen LogP contribution >= 0.6 is 0 Å². The molecule has 0 atom stereocenters. The standard InChI is InChI=1S/C20H24N2O2/c1-3-5-12-22(13-6-4-2)17-11-10-16-18-14(17)8-7-9-15(18)19(23)21-20(16)24/h7-11H,3-6,12-13H2,1-2H3,(H,21,23,24). The van der Waals surface area contributed by atoms with Gasteiger partial charge in [0.1, 0.15) is 0 Å². The Morgan fingerprint density at radius 1 is 0.875 bits per heavy atom. The molecule has 1 aliphatic heterocycles. The first-order chi connectivity index (χ1) is 11.7. The van der Waals surface area contributed by atoms with Gasteiger partial charge in [-0.25, -0.2) is 0 Å². The van der Waals surface area contributed by atoms with Crippen LogP contribution in [0.25, 0.3) is 10.8 Å². The number of hydrogen-bond acceptors (Lipinski definition) is 3. The van der Waals surface area contributed by atoms with E-state index in [-0.39, 0.29) is 11.8 Å². The van der Waals surface area contributed by atoms with Crippen LogP contribution in [0.1, 0.15) is 60.2 Å². The van der Waals surface area contributed by atoms with Gasteiger partial charge in [-0.15, -0.1) is 0 Å². The summed E-state index contributed by atoms with van der Waals surface area (Å²) in [6.45, 7) is 6.38. The monoisotopic (exact) mass is 324 g/mol. The Morgan fingerprint density at radius 2 is 1.50 bits per heavy atom. The van der Waals surface area contributed by atoms with E-state index in [0.717, 1.165) is 55.2 Å². The van der Waals surface area contributed by atoms with E-state index in [4.69, 9.17) is 0 Å². The van der Waals surface area contributed by atoms with E-state index >= 15 is 0 Å². The third kappa shape index (κ3) is 2.88. The molecule has 2 amide bonds. The van der Waals surface area contributed by atoms with Crippen molar-refractivity contribution in [2.24, 2.45) is 0 Å². The van der Waals surface area contributed by atoms with Crippen LogP contribution in [0, 0.1) is 0 Å². The SMILES string of the molecule is CCCCN(CCCC)c1ccc2c3c(cccc13)C(=O)NC2=O. The zero-order valence-electron chi connectivity index (χ0n) is 14.4. The van der Waals surface area contributed by atoms with Crippen LogP contribution in [-0.4, -0.2) is 24.9 Å². The topological polar surface area (TPSA) is 49.4 Å². The molecule has 1 aliphatic rings. The van der Waals surface area contributed by atoms with E-state index in [1.54, 1.807) is 6.07 Å². The molecule has 126 valence electrons. The number of carbonyl (C=O) groups is 2. The van der Waals surface area contributed by atoms with Gasteiger partial charge in [-0.05, 0) is 31.0 Å². The molecule has 2 aromatic carbocycles. The van der Waals surface area contributed by atoms with Gasteiger partial charge >= 0.3 is 0 Å². The molecule has 2 aromatic rings. The van der Waals surface area contributed by atoms with E-state index in [9.17, 15) is 9.59 Å². The Hall–Kier alpha value is -2.36. The summed E-state index contributed by atoms with van der Waals surface area (Å²) in [6.07, 6.45) is 4.55. The van der Waals surface area contributed by atoms with Crippen molar-refractivity contribution < 1.29 is 9.59 Å². The van der Waals surface area contributed by atoms with Crippen LogP contribution in [-0.2, 0) is 0 Å². The largest absolute Gasteiger partial charge is 0.371 e. The number of carbonyl (C=O) groups excluding carboxylic acids is 2. The molecule has 4 nitrogen and oxygen atoms in total. The number of amides is 2. The van der Waals surface area contributed by atoms with Crippen LogP contribution < -0.4 is 10.2 Å². The second-order valence-corrected chi connectivity index (χ2v) is 6.34. The highest BCUT2D eigenvalue weighted by Gasteiger charge is 2.26.